The van der Waals surface area contributed by atoms with Gasteiger partial charge in [0.25, 0.3) is 0 Å². The monoisotopic (exact) mass is 195 g/mol. The maximum Gasteiger partial charge on any atom is 0.339 e. The van der Waals surface area contributed by atoms with Gasteiger partial charge in [0.05, 0.1) is 23.1 Å². The Hall–Kier alpha value is -1.69. The zero-order valence-electron chi connectivity index (χ0n) is 6.39. The fourth-order valence-electron chi connectivity index (χ4n) is 0.980. The van der Waals surface area contributed by atoms with E-state index in [4.69, 9.17) is 5.11 Å². The Bertz CT molecular complexity index is 421. The van der Waals surface area contributed by atoms with E-state index in [2.05, 4.69) is 15.2 Å². The van der Waals surface area contributed by atoms with Crippen LogP contribution in [0.3, 0.4) is 0 Å². The van der Waals surface area contributed by atoms with Crippen molar-refractivity contribution >= 4 is 17.3 Å². The van der Waals surface area contributed by atoms with Gasteiger partial charge in [0, 0.05) is 5.38 Å². The lowest BCUT2D eigenvalue weighted by Gasteiger charge is -1.92. The van der Waals surface area contributed by atoms with Crippen LogP contribution in [0.1, 0.15) is 10.4 Å². The van der Waals surface area contributed by atoms with Crippen molar-refractivity contribution in [1.29, 1.82) is 0 Å². The summed E-state index contributed by atoms with van der Waals surface area (Å²) in [5.41, 5.74) is 2.85. The van der Waals surface area contributed by atoms with E-state index < -0.39 is 5.97 Å². The van der Waals surface area contributed by atoms with Crippen molar-refractivity contribution in [3.05, 3.63) is 22.7 Å². The highest BCUT2D eigenvalue weighted by Gasteiger charge is 2.14. The average molecular weight is 195 g/mol. The van der Waals surface area contributed by atoms with Crippen LogP contribution in [0.25, 0.3) is 11.4 Å². The first-order valence-corrected chi connectivity index (χ1v) is 4.38. The number of H-pyrrole nitrogens is 1. The highest BCUT2D eigenvalue weighted by Crippen LogP contribution is 2.20. The Kier molecular flexibility index (Phi) is 1.82. The molecule has 2 rings (SSSR count). The summed E-state index contributed by atoms with van der Waals surface area (Å²) in [5.74, 6) is -1.00. The summed E-state index contributed by atoms with van der Waals surface area (Å²) in [6.07, 6.45) is 1.27. The molecule has 6 heteroatoms. The van der Waals surface area contributed by atoms with E-state index in [1.165, 1.54) is 17.5 Å². The number of aromatic nitrogens is 3. The molecule has 0 fully saturated rings. The zero-order chi connectivity index (χ0) is 9.26. The third-order valence-electron chi connectivity index (χ3n) is 1.56. The van der Waals surface area contributed by atoms with Crippen LogP contribution in [0.4, 0.5) is 0 Å². The van der Waals surface area contributed by atoms with Crippen molar-refractivity contribution in [3.8, 4) is 11.4 Å². The molecule has 2 N–H and O–H groups in total. The van der Waals surface area contributed by atoms with Crippen LogP contribution in [-0.4, -0.2) is 26.3 Å². The Morgan fingerprint density at radius 3 is 3.08 bits per heavy atom. The van der Waals surface area contributed by atoms with Gasteiger partial charge in [-0.05, 0) is 0 Å². The summed E-state index contributed by atoms with van der Waals surface area (Å²) in [5, 5.41) is 16.8. The largest absolute Gasteiger partial charge is 0.478 e. The average Bonchev–Trinajstić information content (AvgIpc) is 2.74. The van der Waals surface area contributed by atoms with E-state index in [0.717, 1.165) is 0 Å². The zero-order valence-corrected chi connectivity index (χ0v) is 7.21. The number of hydrogen-bond acceptors (Lipinski definition) is 4. The topological polar surface area (TPSA) is 78.9 Å². The van der Waals surface area contributed by atoms with Crippen molar-refractivity contribution in [1.82, 2.24) is 15.2 Å². The van der Waals surface area contributed by atoms with Crippen molar-refractivity contribution in [2.24, 2.45) is 0 Å². The van der Waals surface area contributed by atoms with Gasteiger partial charge in [-0.3, -0.25) is 5.10 Å². The van der Waals surface area contributed by atoms with Gasteiger partial charge >= 0.3 is 5.97 Å². The number of aromatic amines is 1. The van der Waals surface area contributed by atoms with Crippen LogP contribution >= 0.6 is 11.3 Å². The van der Waals surface area contributed by atoms with E-state index in [1.54, 1.807) is 10.9 Å². The molecule has 0 amide bonds. The third kappa shape index (κ3) is 1.31. The molecule has 5 nitrogen and oxygen atoms in total. The van der Waals surface area contributed by atoms with Crippen LogP contribution in [0.2, 0.25) is 0 Å². The minimum absolute atomic E-state index is 0.144. The molecule has 0 aliphatic carbocycles. The Balaban J connectivity index is 2.52. The summed E-state index contributed by atoms with van der Waals surface area (Å²) >= 11 is 1.41. The minimum atomic E-state index is -1.00. The summed E-state index contributed by atoms with van der Waals surface area (Å²) in [7, 11) is 0. The maximum atomic E-state index is 10.7. The molecule has 13 heavy (non-hydrogen) atoms. The summed E-state index contributed by atoms with van der Waals surface area (Å²) in [4.78, 5) is 14.7. The predicted molar refractivity (Wildman–Crippen MR) is 46.7 cm³/mol. The molecule has 0 unspecified atom stereocenters. The first-order chi connectivity index (χ1) is 6.29. The predicted octanol–water partition coefficient (Wildman–Crippen LogP) is 1.23. The molecule has 0 radical (unpaired) electrons. The van der Waals surface area contributed by atoms with Crippen LogP contribution in [0.5, 0.6) is 0 Å². The van der Waals surface area contributed by atoms with Crippen LogP contribution in [-0.2, 0) is 0 Å². The van der Waals surface area contributed by atoms with E-state index in [-0.39, 0.29) is 5.56 Å². The normalized spacial score (nSPS) is 10.2. The first kappa shape index (κ1) is 7.93. The van der Waals surface area contributed by atoms with Crippen molar-refractivity contribution in [3.63, 3.8) is 0 Å². The highest BCUT2D eigenvalue weighted by atomic mass is 32.1. The number of rotatable bonds is 2. The third-order valence-corrected chi connectivity index (χ3v) is 2.14. The lowest BCUT2D eigenvalue weighted by Crippen LogP contribution is -1.96. The fourth-order valence-corrected chi connectivity index (χ4v) is 1.52. The molecule has 0 aliphatic heterocycles. The molecule has 0 spiro atoms. The number of aromatic carboxylic acids is 1. The number of carboxylic acid groups (broad SMARTS) is 1. The Labute approximate surface area is 77.1 Å². The van der Waals surface area contributed by atoms with Gasteiger partial charge in [0.1, 0.15) is 5.56 Å². The molecule has 2 aromatic rings. The summed E-state index contributed by atoms with van der Waals surface area (Å²) in [6.45, 7) is 0. The molecular weight excluding hydrogens is 190 g/mol. The van der Waals surface area contributed by atoms with E-state index >= 15 is 0 Å². The molecule has 0 aliphatic rings. The highest BCUT2D eigenvalue weighted by molar-refractivity contribution is 7.07. The van der Waals surface area contributed by atoms with Gasteiger partial charge < -0.3 is 5.11 Å². The standard InChI is InChI=1S/C7H5N3O2S/c11-7(12)4-1-9-10-6(4)5-2-13-3-8-5/h1-3H,(H,9,10)(H,11,12). The molecule has 0 bridgehead atoms. The molecular formula is C7H5N3O2S. The molecule has 0 saturated carbocycles. The number of carboxylic acids is 1. The van der Waals surface area contributed by atoms with E-state index in [9.17, 15) is 4.79 Å². The molecule has 0 atom stereocenters. The molecule has 2 aromatic heterocycles. The second-order valence-corrected chi connectivity index (χ2v) is 3.06. The molecule has 0 saturated heterocycles. The SMILES string of the molecule is O=C(O)c1cn[nH]c1-c1cscn1. The maximum absolute atomic E-state index is 10.7. The Morgan fingerprint density at radius 2 is 2.46 bits per heavy atom. The van der Waals surface area contributed by atoms with Crippen LogP contribution in [0, 0.1) is 0 Å². The molecule has 0 aromatic carbocycles. The Morgan fingerprint density at radius 1 is 1.62 bits per heavy atom. The molecule has 2 heterocycles. The van der Waals surface area contributed by atoms with Gasteiger partial charge in [0.15, 0.2) is 0 Å². The van der Waals surface area contributed by atoms with Gasteiger partial charge in [0.2, 0.25) is 0 Å². The lowest BCUT2D eigenvalue weighted by atomic mass is 10.2. The van der Waals surface area contributed by atoms with Crippen LogP contribution < -0.4 is 0 Å². The van der Waals surface area contributed by atoms with Crippen molar-refractivity contribution in [2.45, 2.75) is 0 Å². The van der Waals surface area contributed by atoms with Gasteiger partial charge in [-0.25, -0.2) is 9.78 Å². The summed E-state index contributed by atoms with van der Waals surface area (Å²) in [6, 6.07) is 0. The first-order valence-electron chi connectivity index (χ1n) is 3.44. The van der Waals surface area contributed by atoms with Gasteiger partial charge in [-0.1, -0.05) is 0 Å². The smallest absolute Gasteiger partial charge is 0.339 e. The number of nitrogens with one attached hydrogen (secondary N) is 1. The number of carbonyl (C=O) groups is 1. The minimum Gasteiger partial charge on any atom is -0.478 e. The second-order valence-electron chi connectivity index (χ2n) is 2.34. The van der Waals surface area contributed by atoms with E-state index in [0.29, 0.717) is 11.4 Å². The quantitative estimate of drug-likeness (QED) is 0.755. The van der Waals surface area contributed by atoms with Gasteiger partial charge in [-0.2, -0.15) is 5.10 Å². The fraction of sp³-hybridized carbons (Fsp3) is 0. The summed E-state index contributed by atoms with van der Waals surface area (Å²) < 4.78 is 0. The second kappa shape index (κ2) is 2.98. The number of hydrogen-bond donors (Lipinski definition) is 2. The number of nitrogens with zero attached hydrogens (tertiary/aromatic N) is 2. The molecule has 66 valence electrons. The van der Waals surface area contributed by atoms with Crippen molar-refractivity contribution < 1.29 is 9.90 Å². The lowest BCUT2D eigenvalue weighted by molar-refractivity contribution is 0.0698. The van der Waals surface area contributed by atoms with Crippen LogP contribution in [0.15, 0.2) is 17.1 Å². The number of thiazole rings is 1. The van der Waals surface area contributed by atoms with E-state index in [1.807, 2.05) is 0 Å². The van der Waals surface area contributed by atoms with Gasteiger partial charge in [-0.15, -0.1) is 11.3 Å². The van der Waals surface area contributed by atoms with Crippen molar-refractivity contribution in [2.75, 3.05) is 0 Å².